The Bertz CT molecular complexity index is 201. The van der Waals surface area contributed by atoms with E-state index in [1.807, 2.05) is 0 Å². The third-order valence-electron chi connectivity index (χ3n) is 3.77. The zero-order valence-corrected chi connectivity index (χ0v) is 9.29. The Hall–Kier alpha value is -0.120. The summed E-state index contributed by atoms with van der Waals surface area (Å²) in [6, 6.07) is 1.35. The van der Waals surface area contributed by atoms with Crippen molar-refractivity contribution in [2.24, 2.45) is 0 Å². The fraction of sp³-hybridized carbons (Fsp3) is 1.00. The number of aliphatic hydroxyl groups is 1. The maximum Gasteiger partial charge on any atom is 0.0897 e. The molecular formula is C11H22N2O. The Balaban J connectivity index is 1.81. The highest BCUT2D eigenvalue weighted by Crippen LogP contribution is 2.29. The van der Waals surface area contributed by atoms with Gasteiger partial charge in [0.05, 0.1) is 5.60 Å². The van der Waals surface area contributed by atoms with E-state index in [0.717, 1.165) is 26.1 Å². The molecule has 0 amide bonds. The van der Waals surface area contributed by atoms with Crippen LogP contribution in [-0.4, -0.2) is 47.3 Å². The Morgan fingerprint density at radius 1 is 1.50 bits per heavy atom. The van der Waals surface area contributed by atoms with Gasteiger partial charge in [0.25, 0.3) is 0 Å². The Labute approximate surface area is 86.5 Å². The molecule has 2 N–H and O–H groups in total. The van der Waals surface area contributed by atoms with Crippen molar-refractivity contribution in [3.63, 3.8) is 0 Å². The van der Waals surface area contributed by atoms with Gasteiger partial charge >= 0.3 is 0 Å². The molecule has 0 aromatic carbocycles. The van der Waals surface area contributed by atoms with Gasteiger partial charge < -0.3 is 10.4 Å². The average Bonchev–Trinajstić information content (AvgIpc) is 2.13. The summed E-state index contributed by atoms with van der Waals surface area (Å²) in [6.07, 6.45) is 3.37. The van der Waals surface area contributed by atoms with Gasteiger partial charge in [-0.25, -0.2) is 0 Å². The first-order valence-electron chi connectivity index (χ1n) is 5.83. The Morgan fingerprint density at radius 2 is 2.21 bits per heavy atom. The van der Waals surface area contributed by atoms with Gasteiger partial charge in [-0.15, -0.1) is 0 Å². The number of rotatable bonds is 2. The fourth-order valence-electron chi connectivity index (χ4n) is 2.63. The van der Waals surface area contributed by atoms with Crippen LogP contribution in [0.15, 0.2) is 0 Å². The minimum absolute atomic E-state index is 0.367. The first-order chi connectivity index (χ1) is 6.63. The van der Waals surface area contributed by atoms with Gasteiger partial charge in [0, 0.05) is 25.2 Å². The molecule has 0 aliphatic carbocycles. The van der Waals surface area contributed by atoms with Crippen molar-refractivity contribution in [1.82, 2.24) is 10.2 Å². The van der Waals surface area contributed by atoms with Crippen molar-refractivity contribution in [2.45, 2.75) is 50.8 Å². The molecule has 0 saturated carbocycles. The number of hydrogen-bond donors (Lipinski definition) is 2. The van der Waals surface area contributed by atoms with Crippen LogP contribution in [0.25, 0.3) is 0 Å². The molecule has 0 aromatic heterocycles. The van der Waals surface area contributed by atoms with Crippen molar-refractivity contribution in [3.8, 4) is 0 Å². The van der Waals surface area contributed by atoms with Crippen LogP contribution in [-0.2, 0) is 0 Å². The minimum atomic E-state index is -0.367. The molecule has 2 unspecified atom stereocenters. The monoisotopic (exact) mass is 198 g/mol. The topological polar surface area (TPSA) is 35.5 Å². The normalized spacial score (nSPS) is 37.9. The molecule has 0 spiro atoms. The van der Waals surface area contributed by atoms with Gasteiger partial charge in [0.2, 0.25) is 0 Å². The number of piperidine rings is 1. The summed E-state index contributed by atoms with van der Waals surface area (Å²) in [5.41, 5.74) is -0.367. The van der Waals surface area contributed by atoms with Crippen molar-refractivity contribution >= 4 is 0 Å². The van der Waals surface area contributed by atoms with E-state index in [-0.39, 0.29) is 5.60 Å². The molecule has 3 nitrogen and oxygen atoms in total. The van der Waals surface area contributed by atoms with E-state index in [1.54, 1.807) is 0 Å². The first-order valence-corrected chi connectivity index (χ1v) is 5.83. The van der Waals surface area contributed by atoms with Crippen LogP contribution in [0.2, 0.25) is 0 Å². The van der Waals surface area contributed by atoms with E-state index in [4.69, 9.17) is 0 Å². The van der Waals surface area contributed by atoms with Crippen molar-refractivity contribution < 1.29 is 5.11 Å². The maximum absolute atomic E-state index is 9.93. The number of nitrogens with zero attached hydrogens (tertiary/aromatic N) is 1. The lowest BCUT2D eigenvalue weighted by atomic mass is 9.86. The van der Waals surface area contributed by atoms with Crippen LogP contribution in [0, 0.1) is 0 Å². The zero-order chi connectivity index (χ0) is 10.2. The van der Waals surface area contributed by atoms with Crippen LogP contribution < -0.4 is 5.32 Å². The van der Waals surface area contributed by atoms with Gasteiger partial charge in [-0.3, -0.25) is 4.90 Å². The highest BCUT2D eigenvalue weighted by Gasteiger charge is 2.43. The van der Waals surface area contributed by atoms with E-state index in [1.165, 1.54) is 12.8 Å². The third kappa shape index (κ3) is 1.95. The van der Waals surface area contributed by atoms with E-state index in [0.29, 0.717) is 12.1 Å². The summed E-state index contributed by atoms with van der Waals surface area (Å²) in [6.45, 7) is 7.23. The van der Waals surface area contributed by atoms with Crippen molar-refractivity contribution in [3.05, 3.63) is 0 Å². The van der Waals surface area contributed by atoms with E-state index < -0.39 is 0 Å². The van der Waals surface area contributed by atoms with E-state index in [9.17, 15) is 5.11 Å². The molecule has 0 radical (unpaired) electrons. The van der Waals surface area contributed by atoms with Gasteiger partial charge in [0.1, 0.15) is 0 Å². The standard InChI is InChI=1S/C11H22N2O/c1-3-11(14)7-13(8-11)10-4-5-12-9(2)6-10/h9-10,12,14H,3-8H2,1-2H3. The van der Waals surface area contributed by atoms with Gasteiger partial charge in [-0.1, -0.05) is 6.92 Å². The smallest absolute Gasteiger partial charge is 0.0897 e. The Kier molecular flexibility index (Phi) is 2.82. The number of likely N-dealkylation sites (tertiary alicyclic amines) is 1. The lowest BCUT2D eigenvalue weighted by Crippen LogP contribution is -2.65. The molecule has 2 saturated heterocycles. The summed E-state index contributed by atoms with van der Waals surface area (Å²) in [5.74, 6) is 0. The van der Waals surface area contributed by atoms with Crippen LogP contribution in [0.1, 0.15) is 33.1 Å². The van der Waals surface area contributed by atoms with Gasteiger partial charge in [-0.2, -0.15) is 0 Å². The lowest BCUT2D eigenvalue weighted by molar-refractivity contribution is -0.122. The molecule has 0 bridgehead atoms. The lowest BCUT2D eigenvalue weighted by Gasteiger charge is -2.51. The molecule has 2 aliphatic rings. The number of nitrogens with one attached hydrogen (secondary N) is 1. The molecule has 2 rings (SSSR count). The van der Waals surface area contributed by atoms with Gasteiger partial charge in [0.15, 0.2) is 0 Å². The minimum Gasteiger partial charge on any atom is -0.387 e. The number of β-amino-alcohol motifs (C(OH)–C–C–N with tert-alkyl or cyclic N) is 1. The van der Waals surface area contributed by atoms with Crippen molar-refractivity contribution in [2.75, 3.05) is 19.6 Å². The van der Waals surface area contributed by atoms with E-state index >= 15 is 0 Å². The highest BCUT2D eigenvalue weighted by molar-refractivity contribution is 4.98. The van der Waals surface area contributed by atoms with Crippen LogP contribution in [0.3, 0.4) is 0 Å². The molecule has 2 heterocycles. The predicted molar refractivity (Wildman–Crippen MR) is 57.3 cm³/mol. The highest BCUT2D eigenvalue weighted by atomic mass is 16.3. The van der Waals surface area contributed by atoms with Gasteiger partial charge in [-0.05, 0) is 32.7 Å². The summed E-state index contributed by atoms with van der Waals surface area (Å²) in [5, 5.41) is 13.4. The summed E-state index contributed by atoms with van der Waals surface area (Å²) in [4.78, 5) is 2.45. The quantitative estimate of drug-likeness (QED) is 0.681. The molecular weight excluding hydrogens is 176 g/mol. The molecule has 14 heavy (non-hydrogen) atoms. The number of hydrogen-bond acceptors (Lipinski definition) is 3. The molecule has 3 heteroatoms. The molecule has 2 aliphatic heterocycles. The fourth-order valence-corrected chi connectivity index (χ4v) is 2.63. The largest absolute Gasteiger partial charge is 0.387 e. The third-order valence-corrected chi connectivity index (χ3v) is 3.77. The Morgan fingerprint density at radius 3 is 2.79 bits per heavy atom. The second-order valence-corrected chi connectivity index (χ2v) is 5.02. The first kappa shape index (κ1) is 10.4. The van der Waals surface area contributed by atoms with E-state index in [2.05, 4.69) is 24.1 Å². The summed E-state index contributed by atoms with van der Waals surface area (Å²) in [7, 11) is 0. The van der Waals surface area contributed by atoms with Crippen LogP contribution >= 0.6 is 0 Å². The van der Waals surface area contributed by atoms with Crippen LogP contribution in [0.5, 0.6) is 0 Å². The maximum atomic E-state index is 9.93. The molecule has 2 atom stereocenters. The van der Waals surface area contributed by atoms with Crippen molar-refractivity contribution in [1.29, 1.82) is 0 Å². The second kappa shape index (κ2) is 3.80. The predicted octanol–water partition coefficient (Wildman–Crippen LogP) is 0.584. The molecule has 82 valence electrons. The average molecular weight is 198 g/mol. The molecule has 0 aromatic rings. The second-order valence-electron chi connectivity index (χ2n) is 5.02. The van der Waals surface area contributed by atoms with Crippen LogP contribution in [0.4, 0.5) is 0 Å². The SMILES string of the molecule is CCC1(O)CN(C2CCNC(C)C2)C1. The summed E-state index contributed by atoms with van der Waals surface area (Å²) < 4.78 is 0. The zero-order valence-electron chi connectivity index (χ0n) is 9.29. The molecule has 2 fully saturated rings. The summed E-state index contributed by atoms with van der Waals surface area (Å²) >= 11 is 0.